The number of fused-ring (bicyclic) bond motifs is 1. The summed E-state index contributed by atoms with van der Waals surface area (Å²) in [6.45, 7) is 0.194. The zero-order valence-corrected chi connectivity index (χ0v) is 12.5. The van der Waals surface area contributed by atoms with Crippen molar-refractivity contribution < 1.29 is 8.42 Å². The predicted octanol–water partition coefficient (Wildman–Crippen LogP) is 2.47. The summed E-state index contributed by atoms with van der Waals surface area (Å²) in [7, 11) is -3.75. The van der Waals surface area contributed by atoms with E-state index in [4.69, 9.17) is 11.6 Å². The van der Waals surface area contributed by atoms with Crippen LogP contribution in [0.2, 0.25) is 5.15 Å². The van der Waals surface area contributed by atoms with Gasteiger partial charge in [0.1, 0.15) is 5.65 Å². The first-order chi connectivity index (χ1) is 10.1. The Morgan fingerprint density at radius 1 is 1.10 bits per heavy atom. The number of nitrogens with one attached hydrogen (secondary N) is 1. The first kappa shape index (κ1) is 14.1. The first-order valence-corrected chi connectivity index (χ1v) is 8.10. The van der Waals surface area contributed by atoms with Crippen molar-refractivity contribution in [1.82, 2.24) is 14.1 Å². The van der Waals surface area contributed by atoms with Crippen LogP contribution in [0.1, 0.15) is 5.56 Å². The summed E-state index contributed by atoms with van der Waals surface area (Å²) in [6, 6.07) is 14.5. The van der Waals surface area contributed by atoms with Crippen LogP contribution >= 0.6 is 11.6 Å². The van der Waals surface area contributed by atoms with E-state index >= 15 is 0 Å². The van der Waals surface area contributed by atoms with Gasteiger partial charge in [-0.2, -0.15) is 0 Å². The number of halogens is 1. The predicted molar refractivity (Wildman–Crippen MR) is 80.7 cm³/mol. The first-order valence-electron chi connectivity index (χ1n) is 6.24. The minimum atomic E-state index is -3.75. The maximum Gasteiger partial charge on any atom is 0.260 e. The van der Waals surface area contributed by atoms with E-state index in [1.54, 1.807) is 24.4 Å². The highest BCUT2D eigenvalue weighted by atomic mass is 35.5. The number of hydrogen-bond acceptors (Lipinski definition) is 3. The molecule has 0 atom stereocenters. The van der Waals surface area contributed by atoms with Gasteiger partial charge < -0.3 is 0 Å². The monoisotopic (exact) mass is 321 g/mol. The third kappa shape index (κ3) is 2.78. The molecule has 7 heteroatoms. The van der Waals surface area contributed by atoms with Crippen LogP contribution in [-0.2, 0) is 16.6 Å². The fourth-order valence-electron chi connectivity index (χ4n) is 2.03. The van der Waals surface area contributed by atoms with Gasteiger partial charge in [-0.25, -0.2) is 18.1 Å². The van der Waals surface area contributed by atoms with E-state index in [0.29, 0.717) is 5.65 Å². The molecule has 0 spiro atoms. The lowest BCUT2D eigenvalue weighted by Crippen LogP contribution is -2.24. The molecule has 108 valence electrons. The molecule has 0 fully saturated rings. The Bertz CT molecular complexity index is 876. The highest BCUT2D eigenvalue weighted by Crippen LogP contribution is 2.22. The number of rotatable bonds is 4. The highest BCUT2D eigenvalue weighted by molar-refractivity contribution is 7.89. The Labute approximate surface area is 127 Å². The summed E-state index contributed by atoms with van der Waals surface area (Å²) in [6.07, 6.45) is 1.62. The fraction of sp³-hybridized carbons (Fsp3) is 0.0714. The van der Waals surface area contributed by atoms with Crippen molar-refractivity contribution in [2.45, 2.75) is 11.6 Å². The third-order valence-electron chi connectivity index (χ3n) is 3.01. The number of aromatic nitrogens is 2. The van der Waals surface area contributed by atoms with Crippen molar-refractivity contribution >= 4 is 27.3 Å². The number of imidazole rings is 1. The molecule has 2 aromatic heterocycles. The Hall–Kier alpha value is -1.89. The zero-order valence-electron chi connectivity index (χ0n) is 10.9. The molecule has 0 saturated carbocycles. The SMILES string of the molecule is O=S(=O)(NCc1ccccc1)c1c(Cl)nc2ccccn12. The van der Waals surface area contributed by atoms with Crippen molar-refractivity contribution in [2.75, 3.05) is 0 Å². The second-order valence-corrected chi connectivity index (χ2v) is 6.49. The van der Waals surface area contributed by atoms with Gasteiger partial charge in [0, 0.05) is 12.7 Å². The van der Waals surface area contributed by atoms with E-state index < -0.39 is 10.0 Å². The van der Waals surface area contributed by atoms with E-state index in [1.165, 1.54) is 4.40 Å². The van der Waals surface area contributed by atoms with Crippen molar-refractivity contribution in [3.05, 3.63) is 65.4 Å². The van der Waals surface area contributed by atoms with Gasteiger partial charge in [0.25, 0.3) is 10.0 Å². The Kier molecular flexibility index (Phi) is 3.67. The molecule has 1 N–H and O–H groups in total. The van der Waals surface area contributed by atoms with E-state index in [0.717, 1.165) is 5.56 Å². The van der Waals surface area contributed by atoms with Gasteiger partial charge >= 0.3 is 0 Å². The topological polar surface area (TPSA) is 63.5 Å². The quantitative estimate of drug-likeness (QED) is 0.803. The van der Waals surface area contributed by atoms with Crippen LogP contribution in [0.3, 0.4) is 0 Å². The maximum atomic E-state index is 12.4. The van der Waals surface area contributed by atoms with Crippen LogP contribution in [0.5, 0.6) is 0 Å². The average Bonchev–Trinajstić information content (AvgIpc) is 2.83. The highest BCUT2D eigenvalue weighted by Gasteiger charge is 2.23. The van der Waals surface area contributed by atoms with Crippen LogP contribution in [0.4, 0.5) is 0 Å². The zero-order chi connectivity index (χ0) is 14.9. The third-order valence-corrected chi connectivity index (χ3v) is 4.81. The van der Waals surface area contributed by atoms with Gasteiger partial charge in [0.15, 0.2) is 10.2 Å². The van der Waals surface area contributed by atoms with Crippen molar-refractivity contribution in [1.29, 1.82) is 0 Å². The summed E-state index contributed by atoms with van der Waals surface area (Å²) in [5.74, 6) is 0. The molecule has 0 aliphatic rings. The Balaban J connectivity index is 1.95. The molecule has 5 nitrogen and oxygen atoms in total. The van der Waals surface area contributed by atoms with E-state index in [1.807, 2.05) is 30.3 Å². The summed E-state index contributed by atoms with van der Waals surface area (Å²) in [4.78, 5) is 4.04. The number of benzene rings is 1. The van der Waals surface area contributed by atoms with Gasteiger partial charge in [0.05, 0.1) is 0 Å². The maximum absolute atomic E-state index is 12.4. The smallest absolute Gasteiger partial charge is 0.260 e. The molecule has 0 aliphatic heterocycles. The van der Waals surface area contributed by atoms with Crippen LogP contribution < -0.4 is 4.72 Å². The molecule has 0 radical (unpaired) electrons. The van der Waals surface area contributed by atoms with Gasteiger partial charge in [0.2, 0.25) is 0 Å². The summed E-state index contributed by atoms with van der Waals surface area (Å²) < 4.78 is 28.9. The molecular formula is C14H12ClN3O2S. The van der Waals surface area contributed by atoms with Crippen molar-refractivity contribution in [3.63, 3.8) is 0 Å². The molecule has 21 heavy (non-hydrogen) atoms. The van der Waals surface area contributed by atoms with Crippen molar-refractivity contribution in [3.8, 4) is 0 Å². The minimum Gasteiger partial charge on any atom is -0.288 e. The summed E-state index contributed by atoms with van der Waals surface area (Å²) in [5.41, 5.74) is 1.36. The van der Waals surface area contributed by atoms with Gasteiger partial charge in [-0.3, -0.25) is 4.40 Å². The lowest BCUT2D eigenvalue weighted by Gasteiger charge is -2.07. The molecule has 0 unspecified atom stereocenters. The molecule has 0 amide bonds. The molecular weight excluding hydrogens is 310 g/mol. The lowest BCUT2D eigenvalue weighted by atomic mass is 10.2. The lowest BCUT2D eigenvalue weighted by molar-refractivity contribution is 0.576. The Morgan fingerprint density at radius 3 is 2.57 bits per heavy atom. The largest absolute Gasteiger partial charge is 0.288 e. The molecule has 0 saturated heterocycles. The second kappa shape index (κ2) is 5.48. The van der Waals surface area contributed by atoms with Crippen LogP contribution in [-0.4, -0.2) is 17.8 Å². The number of hydrogen-bond donors (Lipinski definition) is 1. The Morgan fingerprint density at radius 2 is 1.81 bits per heavy atom. The number of pyridine rings is 1. The van der Waals surface area contributed by atoms with Crippen LogP contribution in [0.25, 0.3) is 5.65 Å². The summed E-state index contributed by atoms with van der Waals surface area (Å²) >= 11 is 5.98. The van der Waals surface area contributed by atoms with Gasteiger partial charge in [-0.15, -0.1) is 0 Å². The fourth-order valence-corrected chi connectivity index (χ4v) is 3.68. The minimum absolute atomic E-state index is 0.0400. The average molecular weight is 322 g/mol. The molecule has 0 bridgehead atoms. The van der Waals surface area contributed by atoms with E-state index in [2.05, 4.69) is 9.71 Å². The van der Waals surface area contributed by atoms with E-state index in [-0.39, 0.29) is 16.7 Å². The molecule has 2 heterocycles. The van der Waals surface area contributed by atoms with Crippen LogP contribution in [0.15, 0.2) is 59.8 Å². The van der Waals surface area contributed by atoms with Gasteiger partial charge in [-0.1, -0.05) is 48.0 Å². The normalized spacial score (nSPS) is 11.9. The second-order valence-electron chi connectivity index (χ2n) is 4.45. The molecule has 0 aliphatic carbocycles. The van der Waals surface area contributed by atoms with Crippen molar-refractivity contribution in [2.24, 2.45) is 0 Å². The molecule has 3 aromatic rings. The van der Waals surface area contributed by atoms with Gasteiger partial charge in [-0.05, 0) is 17.7 Å². The van der Waals surface area contributed by atoms with E-state index in [9.17, 15) is 8.42 Å². The molecule has 1 aromatic carbocycles. The standard InChI is InChI=1S/C14H12ClN3O2S/c15-13-14(18-9-5-4-8-12(18)17-13)21(19,20)16-10-11-6-2-1-3-7-11/h1-9,16H,10H2. The number of sulfonamides is 1. The summed E-state index contributed by atoms with van der Waals surface area (Å²) in [5, 5.41) is -0.0857. The molecule has 3 rings (SSSR count). The number of nitrogens with zero attached hydrogens (tertiary/aromatic N) is 2. The van der Waals surface area contributed by atoms with Crippen LogP contribution in [0, 0.1) is 0 Å².